The number of carbonyl (C=O) groups is 2. The summed E-state index contributed by atoms with van der Waals surface area (Å²) < 4.78 is 24.3. The van der Waals surface area contributed by atoms with Crippen molar-refractivity contribution in [2.75, 3.05) is 72.9 Å². The molecule has 1 aliphatic rings. The van der Waals surface area contributed by atoms with Gasteiger partial charge in [0, 0.05) is 32.2 Å². The summed E-state index contributed by atoms with van der Waals surface area (Å²) in [7, 11) is 2.12. The number of hydrogen-bond acceptors (Lipinski definition) is 9. The van der Waals surface area contributed by atoms with E-state index in [-0.39, 0.29) is 50.7 Å². The van der Waals surface area contributed by atoms with Gasteiger partial charge in [-0.3, -0.25) is 14.5 Å². The summed E-state index contributed by atoms with van der Waals surface area (Å²) in [5.74, 6) is 0.506. The number of ether oxygens (including phenoxy) is 4. The Bertz CT molecular complexity index is 1010. The molecule has 1 fully saturated rings. The third-order valence-electron chi connectivity index (χ3n) is 14.3. The maximum Gasteiger partial charge on any atom is 0.308 e. The van der Waals surface area contributed by atoms with Gasteiger partial charge < -0.3 is 29.0 Å². The zero-order valence-electron chi connectivity index (χ0n) is 44.6. The Labute approximate surface area is 409 Å². The molecule has 392 valence electrons. The minimum atomic E-state index is -0.254. The molecular formula is C57H112N2O7. The summed E-state index contributed by atoms with van der Waals surface area (Å²) in [5, 5.41) is 9.90. The average Bonchev–Trinajstić information content (AvgIpc) is 3.61. The molecule has 0 aromatic rings. The van der Waals surface area contributed by atoms with Crippen molar-refractivity contribution in [3.05, 3.63) is 0 Å². The molecule has 1 aliphatic carbocycles. The zero-order chi connectivity index (χ0) is 48.0. The first-order chi connectivity index (χ1) is 32.4. The molecule has 0 heterocycles. The second-order valence-electron chi connectivity index (χ2n) is 20.6. The summed E-state index contributed by atoms with van der Waals surface area (Å²) in [6, 6.07) is 0.534. The molecule has 1 saturated carbocycles. The van der Waals surface area contributed by atoms with E-state index in [1.165, 1.54) is 193 Å². The fourth-order valence-corrected chi connectivity index (χ4v) is 9.84. The highest BCUT2D eigenvalue weighted by Crippen LogP contribution is 2.24. The summed E-state index contributed by atoms with van der Waals surface area (Å²) in [6.45, 7) is 14.3. The molecule has 0 amide bonds. The minimum absolute atomic E-state index is 0.177. The van der Waals surface area contributed by atoms with Crippen LogP contribution in [0.3, 0.4) is 0 Å². The largest absolute Gasteiger partial charge is 0.465 e. The average molecular weight is 938 g/mol. The number of aliphatic hydroxyl groups is 1. The maximum atomic E-state index is 13.1. The van der Waals surface area contributed by atoms with Gasteiger partial charge in [-0.05, 0) is 57.4 Å². The lowest BCUT2D eigenvalue weighted by atomic mass is 9.95. The number of aliphatic hydroxyl groups excluding tert-OH is 1. The van der Waals surface area contributed by atoms with Gasteiger partial charge >= 0.3 is 11.9 Å². The number of hydrogen-bond donors (Lipinski definition) is 1. The van der Waals surface area contributed by atoms with E-state index in [1.54, 1.807) is 0 Å². The van der Waals surface area contributed by atoms with Crippen molar-refractivity contribution in [1.29, 1.82) is 0 Å². The van der Waals surface area contributed by atoms with Crippen molar-refractivity contribution >= 4 is 11.9 Å². The molecule has 0 saturated heterocycles. The van der Waals surface area contributed by atoms with Gasteiger partial charge in [-0.2, -0.15) is 0 Å². The summed E-state index contributed by atoms with van der Waals surface area (Å²) in [6.07, 6.45) is 43.2. The van der Waals surface area contributed by atoms with Gasteiger partial charge in [-0.1, -0.05) is 207 Å². The van der Waals surface area contributed by atoms with Crippen molar-refractivity contribution in [2.24, 2.45) is 11.8 Å². The number of nitrogens with zero attached hydrogens (tertiary/aromatic N) is 2. The highest BCUT2D eigenvalue weighted by Gasteiger charge is 2.22. The van der Waals surface area contributed by atoms with E-state index in [1.807, 2.05) is 0 Å². The molecule has 1 unspecified atom stereocenters. The molecular weight excluding hydrogens is 825 g/mol. The van der Waals surface area contributed by atoms with Gasteiger partial charge in [0.1, 0.15) is 0 Å². The molecule has 0 aliphatic heterocycles. The summed E-state index contributed by atoms with van der Waals surface area (Å²) in [5.41, 5.74) is 0. The lowest BCUT2D eigenvalue weighted by Crippen LogP contribution is -2.43. The van der Waals surface area contributed by atoms with Gasteiger partial charge in [-0.25, -0.2) is 0 Å². The Morgan fingerprint density at radius 2 is 0.924 bits per heavy atom. The Balaban J connectivity index is 2.75. The fraction of sp³-hybridized carbons (Fsp3) is 0.965. The third-order valence-corrected chi connectivity index (χ3v) is 14.3. The van der Waals surface area contributed by atoms with E-state index < -0.39 is 0 Å². The van der Waals surface area contributed by atoms with Crippen LogP contribution in [0.15, 0.2) is 0 Å². The second-order valence-corrected chi connectivity index (χ2v) is 20.6. The van der Waals surface area contributed by atoms with Crippen LogP contribution < -0.4 is 0 Å². The van der Waals surface area contributed by atoms with Crippen LogP contribution in [0, 0.1) is 11.8 Å². The van der Waals surface area contributed by atoms with Crippen LogP contribution in [0.1, 0.15) is 259 Å². The van der Waals surface area contributed by atoms with Crippen LogP contribution in [0.5, 0.6) is 0 Å². The normalized spacial score (nSPS) is 14.2. The lowest BCUT2D eigenvalue weighted by Gasteiger charge is -2.33. The van der Waals surface area contributed by atoms with Crippen molar-refractivity contribution in [1.82, 2.24) is 9.80 Å². The Kier molecular flexibility index (Phi) is 45.1. The van der Waals surface area contributed by atoms with Crippen LogP contribution >= 0.6 is 0 Å². The topological polar surface area (TPSA) is 97.8 Å². The van der Waals surface area contributed by atoms with E-state index in [2.05, 4.69) is 44.5 Å². The molecule has 1 rings (SSSR count). The molecule has 66 heavy (non-hydrogen) atoms. The summed E-state index contributed by atoms with van der Waals surface area (Å²) >= 11 is 0. The number of carbonyl (C=O) groups excluding carboxylic acids is 2. The van der Waals surface area contributed by atoms with Gasteiger partial charge in [0.05, 0.1) is 58.6 Å². The van der Waals surface area contributed by atoms with Crippen molar-refractivity contribution in [3.63, 3.8) is 0 Å². The molecule has 1 N–H and O–H groups in total. The van der Waals surface area contributed by atoms with E-state index in [0.29, 0.717) is 50.8 Å². The second kappa shape index (κ2) is 47.4. The predicted molar refractivity (Wildman–Crippen MR) is 278 cm³/mol. The monoisotopic (exact) mass is 937 g/mol. The quantitative estimate of drug-likeness (QED) is 0.0363. The standard InChI is InChI=1S/C57H112N2O7/c1-6-10-14-18-22-28-34-52(35-29-23-19-15-11-7-2)49-65-56(61)40-46-63-51-55(48-58(5)42-43-59(44-45-60)54-38-32-26-27-33-39-54)64-47-41-57(62)66-50-53(36-30-24-20-16-12-8-3)37-31-25-21-17-13-9-4/h52-55,60H,6-51H2,1-5H3. The molecule has 0 aromatic heterocycles. The number of likely N-dealkylation sites (N-methyl/N-ethyl adjacent to an activating group) is 1. The first kappa shape index (κ1) is 62.8. The van der Waals surface area contributed by atoms with Crippen LogP contribution in [-0.2, 0) is 28.5 Å². The van der Waals surface area contributed by atoms with E-state index in [0.717, 1.165) is 38.8 Å². The first-order valence-electron chi connectivity index (χ1n) is 28.9. The summed E-state index contributed by atoms with van der Waals surface area (Å²) in [4.78, 5) is 30.9. The molecule has 0 aromatic carbocycles. The molecule has 1 atom stereocenters. The lowest BCUT2D eigenvalue weighted by molar-refractivity contribution is -0.149. The van der Waals surface area contributed by atoms with Crippen molar-refractivity contribution < 1.29 is 33.6 Å². The number of esters is 2. The van der Waals surface area contributed by atoms with E-state index >= 15 is 0 Å². The highest BCUT2D eigenvalue weighted by molar-refractivity contribution is 5.69. The van der Waals surface area contributed by atoms with Gasteiger partial charge in [0.15, 0.2) is 0 Å². The fourth-order valence-electron chi connectivity index (χ4n) is 9.84. The zero-order valence-corrected chi connectivity index (χ0v) is 44.6. The smallest absolute Gasteiger partial charge is 0.308 e. The van der Waals surface area contributed by atoms with Crippen LogP contribution in [0.2, 0.25) is 0 Å². The van der Waals surface area contributed by atoms with Crippen molar-refractivity contribution in [2.45, 2.75) is 271 Å². The number of rotatable bonds is 49. The molecule has 0 spiro atoms. The van der Waals surface area contributed by atoms with E-state index in [9.17, 15) is 14.7 Å². The Hall–Kier alpha value is -1.26. The first-order valence-corrected chi connectivity index (χ1v) is 28.9. The van der Waals surface area contributed by atoms with Gasteiger partial charge in [0.25, 0.3) is 0 Å². The SMILES string of the molecule is CCCCCCCCC(CCCCCCCC)COC(=O)CCOCC(CN(C)CCN(CCO)C1CCCCCC1)OCCC(=O)OCC(CCCCCCCC)CCCCCCCC. The van der Waals surface area contributed by atoms with Crippen LogP contribution in [0.25, 0.3) is 0 Å². The number of unbranched alkanes of at least 4 members (excludes halogenated alkanes) is 20. The molecule has 0 radical (unpaired) electrons. The van der Waals surface area contributed by atoms with E-state index in [4.69, 9.17) is 18.9 Å². The van der Waals surface area contributed by atoms with Crippen LogP contribution in [0.4, 0.5) is 0 Å². The molecule has 9 nitrogen and oxygen atoms in total. The Morgan fingerprint density at radius 1 is 0.515 bits per heavy atom. The van der Waals surface area contributed by atoms with Gasteiger partial charge in [0.2, 0.25) is 0 Å². The van der Waals surface area contributed by atoms with Gasteiger partial charge in [-0.15, -0.1) is 0 Å². The third kappa shape index (κ3) is 38.6. The minimum Gasteiger partial charge on any atom is -0.465 e. The van der Waals surface area contributed by atoms with Crippen LogP contribution in [-0.4, -0.2) is 112 Å². The molecule has 0 bridgehead atoms. The Morgan fingerprint density at radius 3 is 1.35 bits per heavy atom. The molecule has 9 heteroatoms. The highest BCUT2D eigenvalue weighted by atomic mass is 16.6. The van der Waals surface area contributed by atoms with Crippen molar-refractivity contribution in [3.8, 4) is 0 Å². The predicted octanol–water partition coefficient (Wildman–Crippen LogP) is 14.4. The maximum absolute atomic E-state index is 13.1.